The molecule has 4 rings (SSSR count). The summed E-state index contributed by atoms with van der Waals surface area (Å²) in [5.41, 5.74) is 0.714. The van der Waals surface area contributed by atoms with E-state index in [9.17, 15) is 9.18 Å². The first-order chi connectivity index (χ1) is 11.6. The van der Waals surface area contributed by atoms with E-state index in [2.05, 4.69) is 10.2 Å². The highest BCUT2D eigenvalue weighted by molar-refractivity contribution is 5.82. The van der Waals surface area contributed by atoms with Crippen molar-refractivity contribution in [2.45, 2.75) is 25.6 Å². The summed E-state index contributed by atoms with van der Waals surface area (Å²) in [7, 11) is 0. The summed E-state index contributed by atoms with van der Waals surface area (Å²) in [6.45, 7) is 2.81. The van der Waals surface area contributed by atoms with Gasteiger partial charge in [-0.05, 0) is 6.07 Å². The summed E-state index contributed by atoms with van der Waals surface area (Å²) in [6.07, 6.45) is -0.794. The van der Waals surface area contributed by atoms with E-state index in [1.54, 1.807) is 24.0 Å². The monoisotopic (exact) mass is 333 g/mol. The fraction of sp³-hybridized carbons (Fsp3) is 0.438. The van der Waals surface area contributed by atoms with Crippen molar-refractivity contribution in [3.8, 4) is 5.75 Å². The highest BCUT2D eigenvalue weighted by Crippen LogP contribution is 2.32. The molecular weight excluding hydrogens is 317 g/mol. The SMILES string of the molecule is Cc1nnc(C2CN(C(=O)C3Cc4cccc(F)c4O3)CCO2)o1. The molecule has 2 aliphatic heterocycles. The second-order valence-corrected chi connectivity index (χ2v) is 5.84. The van der Waals surface area contributed by atoms with Gasteiger partial charge in [-0.15, -0.1) is 10.2 Å². The molecule has 1 fully saturated rings. The molecule has 126 valence electrons. The molecule has 0 aliphatic carbocycles. The van der Waals surface area contributed by atoms with Gasteiger partial charge in [-0.3, -0.25) is 4.79 Å². The van der Waals surface area contributed by atoms with Crippen LogP contribution in [0.1, 0.15) is 23.4 Å². The van der Waals surface area contributed by atoms with Crippen molar-refractivity contribution in [3.63, 3.8) is 0 Å². The average Bonchev–Trinajstić information content (AvgIpc) is 3.21. The summed E-state index contributed by atoms with van der Waals surface area (Å²) in [5, 5.41) is 7.72. The van der Waals surface area contributed by atoms with Crippen LogP contribution >= 0.6 is 0 Å². The maximum absolute atomic E-state index is 13.8. The number of benzene rings is 1. The molecule has 1 amide bonds. The molecular formula is C16H16FN3O4. The molecule has 0 radical (unpaired) electrons. The Kier molecular flexibility index (Phi) is 3.68. The van der Waals surface area contributed by atoms with Gasteiger partial charge in [-0.25, -0.2) is 4.39 Å². The molecule has 3 heterocycles. The molecule has 7 nitrogen and oxygen atoms in total. The predicted molar refractivity (Wildman–Crippen MR) is 78.8 cm³/mol. The lowest BCUT2D eigenvalue weighted by molar-refractivity contribution is -0.146. The van der Waals surface area contributed by atoms with Gasteiger partial charge >= 0.3 is 0 Å². The quantitative estimate of drug-likeness (QED) is 0.827. The second-order valence-electron chi connectivity index (χ2n) is 5.84. The summed E-state index contributed by atoms with van der Waals surface area (Å²) >= 11 is 0. The van der Waals surface area contributed by atoms with E-state index >= 15 is 0 Å². The van der Waals surface area contributed by atoms with E-state index in [0.717, 1.165) is 0 Å². The molecule has 24 heavy (non-hydrogen) atoms. The van der Waals surface area contributed by atoms with Crippen LogP contribution in [0.3, 0.4) is 0 Å². The lowest BCUT2D eigenvalue weighted by Gasteiger charge is -2.32. The smallest absolute Gasteiger partial charge is 0.264 e. The molecule has 1 aromatic carbocycles. The first-order valence-electron chi connectivity index (χ1n) is 7.76. The summed E-state index contributed by atoms with van der Waals surface area (Å²) < 4.78 is 30.3. The molecule has 0 N–H and O–H groups in total. The van der Waals surface area contributed by atoms with Gasteiger partial charge in [0.1, 0.15) is 0 Å². The first-order valence-corrected chi connectivity index (χ1v) is 7.76. The van der Waals surface area contributed by atoms with E-state index in [1.807, 2.05) is 0 Å². The van der Waals surface area contributed by atoms with Gasteiger partial charge in [-0.1, -0.05) is 12.1 Å². The van der Waals surface area contributed by atoms with Crippen LogP contribution in [0.15, 0.2) is 22.6 Å². The molecule has 8 heteroatoms. The van der Waals surface area contributed by atoms with Crippen molar-refractivity contribution in [2.75, 3.05) is 19.7 Å². The largest absolute Gasteiger partial charge is 0.477 e. The van der Waals surface area contributed by atoms with E-state index < -0.39 is 18.0 Å². The normalized spacial score (nSPS) is 23.0. The highest BCUT2D eigenvalue weighted by Gasteiger charge is 2.37. The third-order valence-electron chi connectivity index (χ3n) is 4.18. The minimum atomic E-state index is -0.708. The number of para-hydroxylation sites is 1. The van der Waals surface area contributed by atoms with Crippen molar-refractivity contribution in [1.29, 1.82) is 0 Å². The van der Waals surface area contributed by atoms with Crippen LogP contribution in [0, 0.1) is 12.7 Å². The zero-order chi connectivity index (χ0) is 16.7. The van der Waals surface area contributed by atoms with E-state index in [-0.39, 0.29) is 11.7 Å². The number of hydrogen-bond acceptors (Lipinski definition) is 6. The number of carbonyl (C=O) groups excluding carboxylic acids is 1. The van der Waals surface area contributed by atoms with Gasteiger partial charge < -0.3 is 18.8 Å². The number of morpholine rings is 1. The summed E-state index contributed by atoms with van der Waals surface area (Å²) in [5.74, 6) is 0.348. The van der Waals surface area contributed by atoms with E-state index in [0.29, 0.717) is 43.5 Å². The van der Waals surface area contributed by atoms with Crippen LogP contribution in [-0.4, -0.2) is 46.8 Å². The lowest BCUT2D eigenvalue weighted by Crippen LogP contribution is -2.48. The lowest BCUT2D eigenvalue weighted by atomic mass is 10.1. The van der Waals surface area contributed by atoms with Crippen molar-refractivity contribution in [3.05, 3.63) is 41.4 Å². The molecule has 2 aromatic rings. The molecule has 0 spiro atoms. The number of ether oxygens (including phenoxy) is 2. The van der Waals surface area contributed by atoms with Gasteiger partial charge in [0.25, 0.3) is 5.91 Å². The Bertz CT molecular complexity index is 778. The van der Waals surface area contributed by atoms with Gasteiger partial charge in [0.2, 0.25) is 11.8 Å². The number of carbonyl (C=O) groups is 1. The Labute approximate surface area is 137 Å². The Morgan fingerprint density at radius 3 is 3.00 bits per heavy atom. The van der Waals surface area contributed by atoms with E-state index in [1.165, 1.54) is 6.07 Å². The van der Waals surface area contributed by atoms with Crippen LogP contribution in [0.4, 0.5) is 4.39 Å². The molecule has 2 unspecified atom stereocenters. The minimum absolute atomic E-state index is 0.174. The third-order valence-corrected chi connectivity index (χ3v) is 4.18. The predicted octanol–water partition coefficient (Wildman–Crippen LogP) is 1.42. The van der Waals surface area contributed by atoms with Gasteiger partial charge in [-0.2, -0.15) is 0 Å². The highest BCUT2D eigenvalue weighted by atomic mass is 19.1. The summed E-state index contributed by atoms with van der Waals surface area (Å²) in [6, 6.07) is 4.72. The number of halogens is 1. The van der Waals surface area contributed by atoms with Crippen LogP contribution in [0.5, 0.6) is 5.75 Å². The maximum Gasteiger partial charge on any atom is 0.264 e. The number of fused-ring (bicyclic) bond motifs is 1. The third kappa shape index (κ3) is 2.62. The number of hydrogen-bond donors (Lipinski definition) is 0. The molecule has 1 aromatic heterocycles. The zero-order valence-electron chi connectivity index (χ0n) is 13.1. The number of amides is 1. The molecule has 2 atom stereocenters. The fourth-order valence-electron chi connectivity index (χ4n) is 3.01. The van der Waals surface area contributed by atoms with Crippen LogP contribution < -0.4 is 4.74 Å². The van der Waals surface area contributed by atoms with E-state index in [4.69, 9.17) is 13.9 Å². The number of nitrogens with zero attached hydrogens (tertiary/aromatic N) is 3. The standard InChI is InChI=1S/C16H16FN3O4/c1-9-18-19-15(23-9)13-8-20(5-6-22-13)16(21)12-7-10-3-2-4-11(17)14(10)24-12/h2-4,12-13H,5-8H2,1H3. The van der Waals surface area contributed by atoms with Crippen LogP contribution in [0.2, 0.25) is 0 Å². The van der Waals surface area contributed by atoms with Crippen LogP contribution in [-0.2, 0) is 16.0 Å². The van der Waals surface area contributed by atoms with Gasteiger partial charge in [0.15, 0.2) is 23.8 Å². The Balaban J connectivity index is 1.46. The molecule has 1 saturated heterocycles. The Morgan fingerprint density at radius 1 is 1.38 bits per heavy atom. The average molecular weight is 333 g/mol. The first kappa shape index (κ1) is 15.1. The minimum Gasteiger partial charge on any atom is -0.477 e. The Hall–Kier alpha value is -2.48. The number of rotatable bonds is 2. The number of aromatic nitrogens is 2. The van der Waals surface area contributed by atoms with Gasteiger partial charge in [0, 0.05) is 25.5 Å². The zero-order valence-corrected chi connectivity index (χ0v) is 13.1. The van der Waals surface area contributed by atoms with Crippen LogP contribution in [0.25, 0.3) is 0 Å². The van der Waals surface area contributed by atoms with Crippen molar-refractivity contribution in [1.82, 2.24) is 15.1 Å². The number of aryl methyl sites for hydroxylation is 1. The Morgan fingerprint density at radius 2 is 2.25 bits per heavy atom. The second kappa shape index (κ2) is 5.86. The van der Waals surface area contributed by atoms with Crippen molar-refractivity contribution in [2.24, 2.45) is 0 Å². The molecule has 2 aliphatic rings. The summed E-state index contributed by atoms with van der Waals surface area (Å²) in [4.78, 5) is 14.4. The molecule has 0 saturated carbocycles. The van der Waals surface area contributed by atoms with Gasteiger partial charge in [0.05, 0.1) is 13.2 Å². The molecule has 0 bridgehead atoms. The fourth-order valence-corrected chi connectivity index (χ4v) is 3.01. The van der Waals surface area contributed by atoms with Crippen molar-refractivity contribution < 1.29 is 23.1 Å². The topological polar surface area (TPSA) is 77.7 Å². The maximum atomic E-state index is 13.8. The van der Waals surface area contributed by atoms with Crippen molar-refractivity contribution >= 4 is 5.91 Å².